The average Bonchev–Trinajstić information content (AvgIpc) is 3.43. The second-order valence-electron chi connectivity index (χ2n) is 8.57. The molecule has 3 aromatic rings. The maximum absolute atomic E-state index is 11.3. The lowest BCUT2D eigenvalue weighted by Gasteiger charge is -2.27. The molecule has 5 rings (SSSR count). The number of aliphatic hydroxyl groups excluding tert-OH is 1. The van der Waals surface area contributed by atoms with E-state index >= 15 is 0 Å². The molecule has 2 atom stereocenters. The van der Waals surface area contributed by atoms with Crippen molar-refractivity contribution in [3.63, 3.8) is 0 Å². The van der Waals surface area contributed by atoms with Gasteiger partial charge in [-0.15, -0.1) is 0 Å². The summed E-state index contributed by atoms with van der Waals surface area (Å²) < 4.78 is 5.75. The van der Waals surface area contributed by atoms with Gasteiger partial charge in [0.2, 0.25) is 0 Å². The highest BCUT2D eigenvalue weighted by atomic mass is 16.3. The monoisotopic (exact) mass is 423 g/mol. The van der Waals surface area contributed by atoms with Crippen LogP contribution in [0, 0.1) is 5.92 Å². The van der Waals surface area contributed by atoms with E-state index in [4.69, 9.17) is 4.42 Å². The minimum absolute atomic E-state index is 0.0438. The van der Waals surface area contributed by atoms with E-state index in [9.17, 15) is 5.11 Å². The first kappa shape index (κ1) is 20.6. The Labute approximate surface area is 189 Å². The Morgan fingerprint density at radius 1 is 1.00 bits per heavy atom. The summed E-state index contributed by atoms with van der Waals surface area (Å²) in [7, 11) is 0. The van der Waals surface area contributed by atoms with E-state index in [1.54, 1.807) is 6.26 Å². The summed E-state index contributed by atoms with van der Waals surface area (Å²) in [6.45, 7) is 1.90. The third-order valence-electron chi connectivity index (χ3n) is 6.52. The summed E-state index contributed by atoms with van der Waals surface area (Å²) in [5, 5.41) is 12.4. The number of benzene rings is 2. The van der Waals surface area contributed by atoms with Crippen molar-refractivity contribution in [3.8, 4) is 0 Å². The zero-order valence-corrected chi connectivity index (χ0v) is 18.2. The molecule has 162 valence electrons. The van der Waals surface area contributed by atoms with Gasteiger partial charge in [0.05, 0.1) is 12.4 Å². The lowest BCUT2D eigenvalue weighted by Crippen LogP contribution is -2.23. The van der Waals surface area contributed by atoms with Gasteiger partial charge in [-0.05, 0) is 42.0 Å². The Balaban J connectivity index is 1.35. The molecule has 0 saturated heterocycles. The maximum Gasteiger partial charge on any atom is 0.141 e. The number of allylic oxidation sites excluding steroid dienone is 5. The van der Waals surface area contributed by atoms with Gasteiger partial charge in [0.25, 0.3) is 0 Å². The van der Waals surface area contributed by atoms with Crippen molar-refractivity contribution >= 4 is 16.5 Å². The first-order valence-corrected chi connectivity index (χ1v) is 11.5. The number of nitrogens with zero attached hydrogens (tertiary/aromatic N) is 1. The third-order valence-corrected chi connectivity index (χ3v) is 6.52. The minimum Gasteiger partial charge on any atom is -0.464 e. The number of aliphatic hydroxyl groups is 1. The second-order valence-corrected chi connectivity index (χ2v) is 8.57. The van der Waals surface area contributed by atoms with Crippen LogP contribution in [0.3, 0.4) is 0 Å². The van der Waals surface area contributed by atoms with Gasteiger partial charge in [-0.25, -0.2) is 0 Å². The highest BCUT2D eigenvalue weighted by Crippen LogP contribution is 2.35. The SMILES string of the molecule is OC(c1ccccc1)C(CCN1C=C(c2cccc3ccoc23)CC1)C1=CC=CCC=C1. The van der Waals surface area contributed by atoms with Gasteiger partial charge in [0.15, 0.2) is 0 Å². The standard InChI is InChI=1S/C29H29NO2/c31-28(23-11-6-3-7-12-23)26(22-9-4-1-2-5-10-22)16-19-30-18-15-25(21-30)27-14-8-13-24-17-20-32-29(24)27/h1,3-14,17,20-21,26,28,31H,2,15-16,18-19H2. The number of para-hydroxylation sites is 1. The summed E-state index contributed by atoms with van der Waals surface area (Å²) >= 11 is 0. The number of hydrogen-bond acceptors (Lipinski definition) is 3. The van der Waals surface area contributed by atoms with Crippen LogP contribution in [0.1, 0.15) is 36.5 Å². The zero-order chi connectivity index (χ0) is 21.8. The maximum atomic E-state index is 11.3. The Hall–Kier alpha value is -3.30. The normalized spacial score (nSPS) is 17.8. The lowest BCUT2D eigenvalue weighted by atomic mass is 9.85. The van der Waals surface area contributed by atoms with Gasteiger partial charge in [-0.1, -0.05) is 78.9 Å². The van der Waals surface area contributed by atoms with Gasteiger partial charge in [0, 0.05) is 36.2 Å². The van der Waals surface area contributed by atoms with Gasteiger partial charge in [0.1, 0.15) is 5.58 Å². The van der Waals surface area contributed by atoms with E-state index in [-0.39, 0.29) is 5.92 Å². The van der Waals surface area contributed by atoms with Gasteiger partial charge in [-0.2, -0.15) is 0 Å². The van der Waals surface area contributed by atoms with Crippen LogP contribution < -0.4 is 0 Å². The molecule has 0 spiro atoms. The molecule has 0 bridgehead atoms. The molecule has 1 N–H and O–H groups in total. The number of hydrogen-bond donors (Lipinski definition) is 1. The molecule has 1 aliphatic heterocycles. The smallest absolute Gasteiger partial charge is 0.141 e. The zero-order valence-electron chi connectivity index (χ0n) is 18.2. The van der Waals surface area contributed by atoms with E-state index in [2.05, 4.69) is 59.7 Å². The number of fused-ring (bicyclic) bond motifs is 1. The van der Waals surface area contributed by atoms with Gasteiger partial charge >= 0.3 is 0 Å². The van der Waals surface area contributed by atoms with Crippen molar-refractivity contribution in [3.05, 3.63) is 114 Å². The topological polar surface area (TPSA) is 36.6 Å². The molecule has 1 aliphatic carbocycles. The molecule has 0 amide bonds. The molecule has 0 saturated carbocycles. The summed E-state index contributed by atoms with van der Waals surface area (Å²) in [5.74, 6) is 0.0438. The van der Waals surface area contributed by atoms with E-state index < -0.39 is 6.10 Å². The van der Waals surface area contributed by atoms with E-state index in [0.29, 0.717) is 0 Å². The molecule has 2 heterocycles. The molecule has 0 radical (unpaired) electrons. The van der Waals surface area contributed by atoms with E-state index in [1.807, 2.05) is 36.4 Å². The fraction of sp³-hybridized carbons (Fsp3) is 0.241. The summed E-state index contributed by atoms with van der Waals surface area (Å²) in [6.07, 6.45) is 17.1. The highest BCUT2D eigenvalue weighted by molar-refractivity contribution is 5.90. The Bertz CT molecular complexity index is 1180. The van der Waals surface area contributed by atoms with Crippen LogP contribution in [0.5, 0.6) is 0 Å². The fourth-order valence-electron chi connectivity index (χ4n) is 4.78. The van der Waals surface area contributed by atoms with Crippen molar-refractivity contribution in [1.82, 2.24) is 4.90 Å². The predicted octanol–water partition coefficient (Wildman–Crippen LogP) is 6.66. The predicted molar refractivity (Wildman–Crippen MR) is 131 cm³/mol. The lowest BCUT2D eigenvalue weighted by molar-refractivity contribution is 0.118. The van der Waals surface area contributed by atoms with Gasteiger partial charge in [-0.3, -0.25) is 0 Å². The van der Waals surface area contributed by atoms with Crippen molar-refractivity contribution in [2.75, 3.05) is 13.1 Å². The Kier molecular flexibility index (Phi) is 6.09. The Morgan fingerprint density at radius 2 is 1.91 bits per heavy atom. The van der Waals surface area contributed by atoms with E-state index in [0.717, 1.165) is 48.9 Å². The van der Waals surface area contributed by atoms with Crippen LogP contribution in [0.4, 0.5) is 0 Å². The minimum atomic E-state index is -0.526. The summed E-state index contributed by atoms with van der Waals surface area (Å²) in [5.41, 5.74) is 5.65. The molecular weight excluding hydrogens is 394 g/mol. The van der Waals surface area contributed by atoms with E-state index in [1.165, 1.54) is 16.7 Å². The van der Waals surface area contributed by atoms with Crippen LogP contribution in [-0.2, 0) is 0 Å². The molecule has 32 heavy (non-hydrogen) atoms. The van der Waals surface area contributed by atoms with Crippen LogP contribution in [0.15, 0.2) is 107 Å². The molecule has 0 fully saturated rings. The van der Waals surface area contributed by atoms with Crippen molar-refractivity contribution < 1.29 is 9.52 Å². The molecule has 1 aromatic heterocycles. The molecule has 2 unspecified atom stereocenters. The van der Waals surface area contributed by atoms with Crippen LogP contribution >= 0.6 is 0 Å². The largest absolute Gasteiger partial charge is 0.464 e. The molecule has 3 nitrogen and oxygen atoms in total. The van der Waals surface area contributed by atoms with Crippen LogP contribution in [0.25, 0.3) is 16.5 Å². The quantitative estimate of drug-likeness (QED) is 0.461. The first-order valence-electron chi connectivity index (χ1n) is 11.5. The number of rotatable bonds is 7. The first-order chi connectivity index (χ1) is 15.8. The fourth-order valence-corrected chi connectivity index (χ4v) is 4.78. The molecule has 3 heteroatoms. The molecule has 2 aromatic carbocycles. The third kappa shape index (κ3) is 4.35. The van der Waals surface area contributed by atoms with Crippen molar-refractivity contribution in [1.29, 1.82) is 0 Å². The summed E-state index contributed by atoms with van der Waals surface area (Å²) in [4.78, 5) is 2.39. The summed E-state index contributed by atoms with van der Waals surface area (Å²) in [6, 6.07) is 18.4. The van der Waals surface area contributed by atoms with Crippen molar-refractivity contribution in [2.45, 2.75) is 25.4 Å². The van der Waals surface area contributed by atoms with Crippen LogP contribution in [0.2, 0.25) is 0 Å². The average molecular weight is 424 g/mol. The second kappa shape index (κ2) is 9.46. The van der Waals surface area contributed by atoms with Crippen LogP contribution in [-0.4, -0.2) is 23.1 Å². The number of furan rings is 1. The highest BCUT2D eigenvalue weighted by Gasteiger charge is 2.25. The van der Waals surface area contributed by atoms with Gasteiger partial charge < -0.3 is 14.4 Å². The molecular formula is C29H29NO2. The Morgan fingerprint density at radius 3 is 2.81 bits per heavy atom. The molecule has 2 aliphatic rings. The van der Waals surface area contributed by atoms with Crippen molar-refractivity contribution in [2.24, 2.45) is 5.92 Å².